The monoisotopic (exact) mass is 216 g/mol. The Morgan fingerprint density at radius 3 is 1.93 bits per heavy atom. The van der Waals surface area contributed by atoms with Gasteiger partial charge in [0.2, 0.25) is 0 Å². The minimum Gasteiger partial charge on any atom is -0.480 e. The predicted molar refractivity (Wildman–Crippen MR) is 57.7 cm³/mol. The van der Waals surface area contributed by atoms with E-state index < -0.39 is 18.0 Å². The van der Waals surface area contributed by atoms with E-state index in [0.29, 0.717) is 0 Å². The fourth-order valence-corrected chi connectivity index (χ4v) is 1.03. The second-order valence-corrected chi connectivity index (χ2v) is 4.91. The molecular formula is C10H20N2O3. The van der Waals surface area contributed by atoms with E-state index in [0.717, 1.165) is 0 Å². The van der Waals surface area contributed by atoms with Gasteiger partial charge in [0, 0.05) is 5.54 Å². The zero-order chi connectivity index (χ0) is 12.2. The van der Waals surface area contributed by atoms with Crippen molar-refractivity contribution in [3.8, 4) is 0 Å². The number of urea groups is 1. The van der Waals surface area contributed by atoms with Crippen LogP contribution >= 0.6 is 0 Å². The summed E-state index contributed by atoms with van der Waals surface area (Å²) in [5, 5.41) is 13.9. The molecule has 0 unspecified atom stereocenters. The van der Waals surface area contributed by atoms with E-state index in [9.17, 15) is 9.59 Å². The first-order valence-electron chi connectivity index (χ1n) is 4.95. The van der Waals surface area contributed by atoms with Crippen LogP contribution in [0, 0.1) is 5.92 Å². The lowest BCUT2D eigenvalue weighted by molar-refractivity contribution is -0.140. The molecule has 0 aliphatic carbocycles. The molecule has 2 amide bonds. The first-order valence-corrected chi connectivity index (χ1v) is 4.95. The number of carboxylic acids is 1. The van der Waals surface area contributed by atoms with Gasteiger partial charge in [0.15, 0.2) is 0 Å². The van der Waals surface area contributed by atoms with E-state index in [2.05, 4.69) is 10.6 Å². The molecule has 0 saturated carbocycles. The maximum absolute atomic E-state index is 11.4. The molecule has 0 spiro atoms. The SMILES string of the molecule is CC(C)[C@H](NC(=O)NC(C)(C)C)C(=O)O. The Balaban J connectivity index is 4.31. The molecule has 0 aliphatic rings. The molecule has 1 atom stereocenters. The second kappa shape index (κ2) is 5.00. The second-order valence-electron chi connectivity index (χ2n) is 4.91. The van der Waals surface area contributed by atoms with Crippen LogP contribution in [0.2, 0.25) is 0 Å². The number of nitrogens with one attached hydrogen (secondary N) is 2. The van der Waals surface area contributed by atoms with Crippen molar-refractivity contribution in [1.29, 1.82) is 0 Å². The van der Waals surface area contributed by atoms with Gasteiger partial charge >= 0.3 is 12.0 Å². The molecule has 0 radical (unpaired) electrons. The molecule has 0 rings (SSSR count). The van der Waals surface area contributed by atoms with Gasteiger partial charge in [0.25, 0.3) is 0 Å². The molecule has 0 aromatic heterocycles. The maximum atomic E-state index is 11.4. The molecule has 0 aliphatic heterocycles. The van der Waals surface area contributed by atoms with Crippen LogP contribution < -0.4 is 10.6 Å². The van der Waals surface area contributed by atoms with E-state index in [1.807, 2.05) is 20.8 Å². The molecule has 0 fully saturated rings. The number of hydrogen-bond donors (Lipinski definition) is 3. The van der Waals surface area contributed by atoms with Crippen LogP contribution in [0.25, 0.3) is 0 Å². The Kier molecular flexibility index (Phi) is 4.58. The van der Waals surface area contributed by atoms with Crippen LogP contribution in [0.5, 0.6) is 0 Å². The number of amides is 2. The lowest BCUT2D eigenvalue weighted by atomic mass is 10.1. The van der Waals surface area contributed by atoms with Gasteiger partial charge in [0.05, 0.1) is 0 Å². The van der Waals surface area contributed by atoms with Crippen molar-refractivity contribution in [2.45, 2.75) is 46.2 Å². The van der Waals surface area contributed by atoms with Gasteiger partial charge in [-0.3, -0.25) is 0 Å². The number of carbonyl (C=O) groups excluding carboxylic acids is 1. The fraction of sp³-hybridized carbons (Fsp3) is 0.800. The van der Waals surface area contributed by atoms with Crippen LogP contribution in [0.15, 0.2) is 0 Å². The van der Waals surface area contributed by atoms with Crippen molar-refractivity contribution in [2.75, 3.05) is 0 Å². The molecule has 5 nitrogen and oxygen atoms in total. The molecule has 15 heavy (non-hydrogen) atoms. The van der Waals surface area contributed by atoms with Crippen molar-refractivity contribution in [1.82, 2.24) is 10.6 Å². The van der Waals surface area contributed by atoms with Gasteiger partial charge in [-0.2, -0.15) is 0 Å². The molecule has 0 bridgehead atoms. The first-order chi connectivity index (χ1) is 6.63. The maximum Gasteiger partial charge on any atom is 0.326 e. The highest BCUT2D eigenvalue weighted by Gasteiger charge is 2.24. The van der Waals surface area contributed by atoms with Crippen LogP contribution in [-0.4, -0.2) is 28.7 Å². The lowest BCUT2D eigenvalue weighted by Gasteiger charge is -2.24. The fourth-order valence-electron chi connectivity index (χ4n) is 1.03. The third-order valence-corrected chi connectivity index (χ3v) is 1.71. The van der Waals surface area contributed by atoms with Gasteiger partial charge in [-0.05, 0) is 26.7 Å². The topological polar surface area (TPSA) is 78.4 Å². The molecule has 0 aromatic carbocycles. The summed E-state index contributed by atoms with van der Waals surface area (Å²) in [4.78, 5) is 22.2. The number of carbonyl (C=O) groups is 2. The largest absolute Gasteiger partial charge is 0.480 e. The molecule has 0 heterocycles. The van der Waals surface area contributed by atoms with Gasteiger partial charge in [-0.1, -0.05) is 13.8 Å². The van der Waals surface area contributed by atoms with Crippen LogP contribution in [0.1, 0.15) is 34.6 Å². The van der Waals surface area contributed by atoms with Crippen molar-refractivity contribution in [3.63, 3.8) is 0 Å². The molecular weight excluding hydrogens is 196 g/mol. The third kappa shape index (κ3) is 5.93. The highest BCUT2D eigenvalue weighted by atomic mass is 16.4. The third-order valence-electron chi connectivity index (χ3n) is 1.71. The molecule has 5 heteroatoms. The predicted octanol–water partition coefficient (Wildman–Crippen LogP) is 1.19. The summed E-state index contributed by atoms with van der Waals surface area (Å²) >= 11 is 0. The quantitative estimate of drug-likeness (QED) is 0.663. The summed E-state index contributed by atoms with van der Waals surface area (Å²) in [5.74, 6) is -1.16. The zero-order valence-corrected chi connectivity index (χ0v) is 9.92. The van der Waals surface area contributed by atoms with E-state index in [1.54, 1.807) is 13.8 Å². The van der Waals surface area contributed by atoms with E-state index in [4.69, 9.17) is 5.11 Å². The molecule has 3 N–H and O–H groups in total. The number of aliphatic carboxylic acids is 1. The Hall–Kier alpha value is -1.26. The number of carboxylic acid groups (broad SMARTS) is 1. The smallest absolute Gasteiger partial charge is 0.326 e. The Morgan fingerprint density at radius 2 is 1.67 bits per heavy atom. The van der Waals surface area contributed by atoms with Gasteiger partial charge < -0.3 is 15.7 Å². The summed E-state index contributed by atoms with van der Waals surface area (Å²) in [6.07, 6.45) is 0. The van der Waals surface area contributed by atoms with E-state index in [-0.39, 0.29) is 11.5 Å². The van der Waals surface area contributed by atoms with Crippen molar-refractivity contribution in [3.05, 3.63) is 0 Å². The average Bonchev–Trinajstić information content (AvgIpc) is 1.95. The average molecular weight is 216 g/mol. The number of hydrogen-bond acceptors (Lipinski definition) is 2. The highest BCUT2D eigenvalue weighted by Crippen LogP contribution is 2.03. The standard InChI is InChI=1S/C10H20N2O3/c1-6(2)7(8(13)14)11-9(15)12-10(3,4)5/h6-7H,1-5H3,(H,13,14)(H2,11,12,15)/t7-/m0/s1. The summed E-state index contributed by atoms with van der Waals surface area (Å²) < 4.78 is 0. The highest BCUT2D eigenvalue weighted by molar-refractivity contribution is 5.82. The van der Waals surface area contributed by atoms with Gasteiger partial charge in [-0.15, -0.1) is 0 Å². The van der Waals surface area contributed by atoms with Crippen LogP contribution in [0.3, 0.4) is 0 Å². The molecule has 0 saturated heterocycles. The molecule has 88 valence electrons. The van der Waals surface area contributed by atoms with E-state index >= 15 is 0 Å². The number of rotatable bonds is 3. The minimum atomic E-state index is -1.02. The van der Waals surface area contributed by atoms with Crippen LogP contribution in [0.4, 0.5) is 4.79 Å². The Bertz CT molecular complexity index is 244. The van der Waals surface area contributed by atoms with Crippen molar-refractivity contribution in [2.24, 2.45) is 5.92 Å². The molecule has 0 aromatic rings. The summed E-state index contributed by atoms with van der Waals surface area (Å²) in [6.45, 7) is 8.99. The van der Waals surface area contributed by atoms with Crippen molar-refractivity contribution < 1.29 is 14.7 Å². The van der Waals surface area contributed by atoms with Gasteiger partial charge in [0.1, 0.15) is 6.04 Å². The summed E-state index contributed by atoms with van der Waals surface area (Å²) in [5.41, 5.74) is -0.371. The van der Waals surface area contributed by atoms with E-state index in [1.165, 1.54) is 0 Å². The van der Waals surface area contributed by atoms with Gasteiger partial charge in [-0.25, -0.2) is 9.59 Å². The Labute approximate surface area is 90.2 Å². The summed E-state index contributed by atoms with van der Waals surface area (Å²) in [6, 6.07) is -1.31. The van der Waals surface area contributed by atoms with Crippen LogP contribution in [-0.2, 0) is 4.79 Å². The first kappa shape index (κ1) is 13.7. The summed E-state index contributed by atoms with van der Waals surface area (Å²) in [7, 11) is 0. The van der Waals surface area contributed by atoms with Crippen molar-refractivity contribution >= 4 is 12.0 Å². The minimum absolute atomic E-state index is 0.145. The Morgan fingerprint density at radius 1 is 1.20 bits per heavy atom. The normalized spacial score (nSPS) is 13.5. The zero-order valence-electron chi connectivity index (χ0n) is 9.92. The lowest BCUT2D eigenvalue weighted by Crippen LogP contribution is -2.53.